The van der Waals surface area contributed by atoms with Crippen LogP contribution in [0.4, 0.5) is 0 Å². The van der Waals surface area contributed by atoms with Crippen molar-refractivity contribution in [3.8, 4) is 0 Å². The van der Waals surface area contributed by atoms with Gasteiger partial charge in [0.05, 0.1) is 6.04 Å². The maximum absolute atomic E-state index is 9.15. The van der Waals surface area contributed by atoms with Gasteiger partial charge in [0.15, 0.2) is 0 Å². The average Bonchev–Trinajstić information content (AvgIpc) is 1.83. The molecule has 0 heterocycles. The Labute approximate surface area is 54.7 Å². The molecule has 0 saturated carbocycles. The smallest absolute Gasteiger partial charge is 0.112 e. The highest BCUT2D eigenvalue weighted by atomic mass is 16.3. The standard InChI is InChI=1S/C7H11NO/c1-5-3-2-4-6(8)7(5)9/h2-3,6,9H,4,8H2,1H3. The average molecular weight is 125 g/mol. The summed E-state index contributed by atoms with van der Waals surface area (Å²) in [5.41, 5.74) is 6.39. The highest BCUT2D eigenvalue weighted by Crippen LogP contribution is 2.14. The van der Waals surface area contributed by atoms with Crippen LogP contribution in [-0.4, -0.2) is 11.1 Å². The summed E-state index contributed by atoms with van der Waals surface area (Å²) in [4.78, 5) is 0. The van der Waals surface area contributed by atoms with E-state index < -0.39 is 0 Å². The van der Waals surface area contributed by atoms with Crippen molar-refractivity contribution in [3.63, 3.8) is 0 Å². The number of aliphatic hydroxyl groups is 1. The quantitative estimate of drug-likeness (QED) is 0.509. The minimum absolute atomic E-state index is 0.171. The van der Waals surface area contributed by atoms with Gasteiger partial charge in [0.1, 0.15) is 5.76 Å². The van der Waals surface area contributed by atoms with E-state index in [9.17, 15) is 0 Å². The Balaban J connectivity index is 2.83. The predicted molar refractivity (Wildman–Crippen MR) is 37.1 cm³/mol. The fourth-order valence-electron chi connectivity index (χ4n) is 0.881. The van der Waals surface area contributed by atoms with Crippen molar-refractivity contribution in [2.45, 2.75) is 19.4 Å². The zero-order chi connectivity index (χ0) is 6.85. The van der Waals surface area contributed by atoms with E-state index in [2.05, 4.69) is 0 Å². The number of allylic oxidation sites excluding steroid dienone is 2. The number of hydrogen-bond donors (Lipinski definition) is 2. The SMILES string of the molecule is CC1=C(O)C(N)CC=C1. The number of aliphatic hydroxyl groups excluding tert-OH is 1. The van der Waals surface area contributed by atoms with Gasteiger partial charge in [0.25, 0.3) is 0 Å². The van der Waals surface area contributed by atoms with Gasteiger partial charge in [-0.2, -0.15) is 0 Å². The molecule has 0 radical (unpaired) electrons. The second-order valence-electron chi connectivity index (χ2n) is 2.31. The highest BCUT2D eigenvalue weighted by Gasteiger charge is 2.10. The van der Waals surface area contributed by atoms with Crippen LogP contribution in [0.15, 0.2) is 23.5 Å². The summed E-state index contributed by atoms with van der Waals surface area (Å²) >= 11 is 0. The fraction of sp³-hybridized carbons (Fsp3) is 0.429. The summed E-state index contributed by atoms with van der Waals surface area (Å²) in [5.74, 6) is 0.331. The number of rotatable bonds is 0. The van der Waals surface area contributed by atoms with Crippen LogP contribution in [0.5, 0.6) is 0 Å². The van der Waals surface area contributed by atoms with E-state index >= 15 is 0 Å². The third-order valence-electron chi connectivity index (χ3n) is 1.51. The molecule has 0 aromatic carbocycles. The predicted octanol–water partition coefficient (Wildman–Crippen LogP) is 1.11. The van der Waals surface area contributed by atoms with E-state index in [4.69, 9.17) is 10.8 Å². The largest absolute Gasteiger partial charge is 0.510 e. The molecule has 0 spiro atoms. The first kappa shape index (κ1) is 6.36. The van der Waals surface area contributed by atoms with Crippen molar-refractivity contribution < 1.29 is 5.11 Å². The monoisotopic (exact) mass is 125 g/mol. The third kappa shape index (κ3) is 1.13. The molecule has 9 heavy (non-hydrogen) atoms. The van der Waals surface area contributed by atoms with Crippen LogP contribution in [0.2, 0.25) is 0 Å². The second kappa shape index (κ2) is 2.23. The lowest BCUT2D eigenvalue weighted by molar-refractivity contribution is 0.359. The molecule has 0 bridgehead atoms. The van der Waals surface area contributed by atoms with E-state index in [1.165, 1.54) is 0 Å². The molecule has 2 nitrogen and oxygen atoms in total. The first-order chi connectivity index (χ1) is 4.22. The van der Waals surface area contributed by atoms with Crippen LogP contribution in [0.25, 0.3) is 0 Å². The third-order valence-corrected chi connectivity index (χ3v) is 1.51. The van der Waals surface area contributed by atoms with Gasteiger partial charge < -0.3 is 10.8 Å². The number of hydrogen-bond acceptors (Lipinski definition) is 2. The zero-order valence-corrected chi connectivity index (χ0v) is 5.46. The van der Waals surface area contributed by atoms with Crippen LogP contribution in [0, 0.1) is 0 Å². The van der Waals surface area contributed by atoms with E-state index in [0.717, 1.165) is 12.0 Å². The van der Waals surface area contributed by atoms with Gasteiger partial charge in [-0.05, 0) is 18.9 Å². The van der Waals surface area contributed by atoms with Crippen molar-refractivity contribution in [3.05, 3.63) is 23.5 Å². The summed E-state index contributed by atoms with van der Waals surface area (Å²) in [7, 11) is 0. The Morgan fingerprint density at radius 2 is 2.44 bits per heavy atom. The summed E-state index contributed by atoms with van der Waals surface area (Å²) in [6.45, 7) is 1.85. The molecule has 0 amide bonds. The molecular weight excluding hydrogens is 114 g/mol. The van der Waals surface area contributed by atoms with Gasteiger partial charge in [0.2, 0.25) is 0 Å². The minimum Gasteiger partial charge on any atom is -0.510 e. The Kier molecular flexibility index (Phi) is 1.58. The molecule has 3 N–H and O–H groups in total. The normalized spacial score (nSPS) is 27.1. The lowest BCUT2D eigenvalue weighted by Crippen LogP contribution is -2.24. The molecule has 1 rings (SSSR count). The van der Waals surface area contributed by atoms with Gasteiger partial charge in [-0.25, -0.2) is 0 Å². The lowest BCUT2D eigenvalue weighted by Gasteiger charge is -2.13. The molecule has 1 aliphatic carbocycles. The molecule has 1 atom stereocenters. The zero-order valence-electron chi connectivity index (χ0n) is 5.46. The molecule has 1 aliphatic rings. The molecule has 0 aromatic heterocycles. The van der Waals surface area contributed by atoms with E-state index in [1.54, 1.807) is 0 Å². The van der Waals surface area contributed by atoms with Crippen LogP contribution in [-0.2, 0) is 0 Å². The maximum Gasteiger partial charge on any atom is 0.112 e. The molecule has 50 valence electrons. The molecule has 1 unspecified atom stereocenters. The fourth-order valence-corrected chi connectivity index (χ4v) is 0.881. The van der Waals surface area contributed by atoms with Gasteiger partial charge >= 0.3 is 0 Å². The minimum atomic E-state index is -0.171. The van der Waals surface area contributed by atoms with Crippen molar-refractivity contribution in [1.82, 2.24) is 0 Å². The van der Waals surface area contributed by atoms with Crippen molar-refractivity contribution in [2.75, 3.05) is 0 Å². The first-order valence-electron chi connectivity index (χ1n) is 3.03. The molecule has 2 heteroatoms. The van der Waals surface area contributed by atoms with Gasteiger partial charge in [-0.1, -0.05) is 12.2 Å². The maximum atomic E-state index is 9.15. The second-order valence-corrected chi connectivity index (χ2v) is 2.31. The molecule has 0 aliphatic heterocycles. The first-order valence-corrected chi connectivity index (χ1v) is 3.03. The van der Waals surface area contributed by atoms with Gasteiger partial charge in [-0.3, -0.25) is 0 Å². The van der Waals surface area contributed by atoms with Crippen molar-refractivity contribution >= 4 is 0 Å². The van der Waals surface area contributed by atoms with Crippen molar-refractivity contribution in [1.29, 1.82) is 0 Å². The molecule has 0 fully saturated rings. The lowest BCUT2D eigenvalue weighted by atomic mass is 10.0. The Morgan fingerprint density at radius 3 is 2.89 bits per heavy atom. The molecule has 0 saturated heterocycles. The summed E-state index contributed by atoms with van der Waals surface area (Å²) in [5, 5.41) is 9.15. The highest BCUT2D eigenvalue weighted by molar-refractivity contribution is 5.27. The number of nitrogens with two attached hydrogens (primary N) is 1. The van der Waals surface area contributed by atoms with Gasteiger partial charge in [0, 0.05) is 0 Å². The van der Waals surface area contributed by atoms with Crippen LogP contribution < -0.4 is 5.73 Å². The van der Waals surface area contributed by atoms with Crippen LogP contribution in [0.1, 0.15) is 13.3 Å². The summed E-state index contributed by atoms with van der Waals surface area (Å²) in [6.07, 6.45) is 4.61. The van der Waals surface area contributed by atoms with E-state index in [-0.39, 0.29) is 6.04 Å². The Hall–Kier alpha value is -0.760. The van der Waals surface area contributed by atoms with E-state index in [0.29, 0.717) is 5.76 Å². The Bertz CT molecular complexity index is 170. The topological polar surface area (TPSA) is 46.2 Å². The Morgan fingerprint density at radius 1 is 1.78 bits per heavy atom. The molecular formula is C7H11NO. The van der Waals surface area contributed by atoms with E-state index in [1.807, 2.05) is 19.1 Å². The van der Waals surface area contributed by atoms with Crippen LogP contribution in [0.3, 0.4) is 0 Å². The van der Waals surface area contributed by atoms with Crippen molar-refractivity contribution in [2.24, 2.45) is 5.73 Å². The summed E-state index contributed by atoms with van der Waals surface area (Å²) < 4.78 is 0. The van der Waals surface area contributed by atoms with Gasteiger partial charge in [-0.15, -0.1) is 0 Å². The summed E-state index contributed by atoms with van der Waals surface area (Å²) in [6, 6.07) is -0.171. The van der Waals surface area contributed by atoms with Crippen LogP contribution >= 0.6 is 0 Å². The molecule has 0 aromatic rings.